The minimum Gasteiger partial charge on any atom is -0.497 e. The summed E-state index contributed by atoms with van der Waals surface area (Å²) < 4.78 is 53.8. The van der Waals surface area contributed by atoms with Gasteiger partial charge in [-0.1, -0.05) is 0 Å². The van der Waals surface area contributed by atoms with Gasteiger partial charge < -0.3 is 15.8 Å². The number of nitrogens with zero attached hydrogens (tertiary/aromatic N) is 2. The number of nitrogens with two attached hydrogens (primary N) is 1. The van der Waals surface area contributed by atoms with E-state index in [1.165, 1.54) is 0 Å². The largest absolute Gasteiger partial charge is 0.497 e. The molecule has 1 aliphatic heterocycles. The van der Waals surface area contributed by atoms with Gasteiger partial charge in [-0.25, -0.2) is 8.42 Å². The number of alkyl halides is 2. The average Bonchev–Trinajstić information content (AvgIpc) is 2.61. The number of anilines is 1. The number of methoxy groups -OCH3 is 1. The van der Waals surface area contributed by atoms with Crippen LogP contribution in [0.1, 0.15) is 12.8 Å². The molecule has 1 aromatic carbocycles. The Kier molecular flexibility index (Phi) is 8.96. The summed E-state index contributed by atoms with van der Waals surface area (Å²) in [5.41, 5.74) is 6.60. The van der Waals surface area contributed by atoms with Gasteiger partial charge >= 0.3 is 5.76 Å². The van der Waals surface area contributed by atoms with Crippen LogP contribution in [0.15, 0.2) is 29.3 Å². The van der Waals surface area contributed by atoms with Crippen LogP contribution >= 0.6 is 24.0 Å². The molecule has 1 saturated heterocycles. The van der Waals surface area contributed by atoms with Crippen molar-refractivity contribution in [3.8, 4) is 5.75 Å². The lowest BCUT2D eigenvalue weighted by molar-refractivity contribution is 0.205. The van der Waals surface area contributed by atoms with E-state index in [2.05, 4.69) is 10.3 Å². The fraction of sp³-hybridized carbons (Fsp3) is 0.533. The third kappa shape index (κ3) is 6.20. The molecule has 148 valence electrons. The van der Waals surface area contributed by atoms with E-state index in [4.69, 9.17) is 10.5 Å². The summed E-state index contributed by atoms with van der Waals surface area (Å²) in [4.78, 5) is 4.24. The third-order valence-electron chi connectivity index (χ3n) is 4.04. The van der Waals surface area contributed by atoms with Gasteiger partial charge in [0.2, 0.25) is 0 Å². The van der Waals surface area contributed by atoms with E-state index < -0.39 is 15.8 Å². The first kappa shape index (κ1) is 22.8. The van der Waals surface area contributed by atoms with Crippen LogP contribution < -0.4 is 15.8 Å². The molecule has 0 aromatic heterocycles. The molecule has 3 N–H and O–H groups in total. The topological polar surface area (TPSA) is 97.0 Å². The quantitative estimate of drug-likeness (QED) is 0.352. The number of halogens is 3. The van der Waals surface area contributed by atoms with E-state index in [9.17, 15) is 17.2 Å². The zero-order chi connectivity index (χ0) is 18.4. The summed E-state index contributed by atoms with van der Waals surface area (Å²) in [5.74, 6) is -2.29. The maximum Gasteiger partial charge on any atom is 0.350 e. The van der Waals surface area contributed by atoms with Crippen LogP contribution in [-0.4, -0.2) is 51.2 Å². The summed E-state index contributed by atoms with van der Waals surface area (Å²) in [6, 6.07) is 7.17. The monoisotopic (exact) mass is 504 g/mol. The van der Waals surface area contributed by atoms with E-state index >= 15 is 0 Å². The van der Waals surface area contributed by atoms with Crippen LogP contribution in [0.3, 0.4) is 0 Å². The van der Waals surface area contributed by atoms with Gasteiger partial charge in [0.1, 0.15) is 5.75 Å². The van der Waals surface area contributed by atoms with Gasteiger partial charge in [0.15, 0.2) is 5.96 Å². The van der Waals surface area contributed by atoms with Gasteiger partial charge in [-0.3, -0.25) is 4.99 Å². The van der Waals surface area contributed by atoms with Crippen molar-refractivity contribution in [3.63, 3.8) is 0 Å². The zero-order valence-corrected chi connectivity index (χ0v) is 17.4. The number of aliphatic imine (C=N–C) groups is 1. The SMILES string of the molecule is COc1ccc(NC(N)=NCC2CCN(S(=O)(=O)C(F)F)CC2)cc1.I. The first-order valence-corrected chi connectivity index (χ1v) is 9.31. The Morgan fingerprint density at radius 2 is 1.92 bits per heavy atom. The molecule has 0 bridgehead atoms. The van der Waals surface area contributed by atoms with Gasteiger partial charge in [-0.15, -0.1) is 24.0 Å². The van der Waals surface area contributed by atoms with Crippen LogP contribution in [0, 0.1) is 5.92 Å². The second-order valence-electron chi connectivity index (χ2n) is 5.73. The number of piperidine rings is 1. The molecule has 1 aliphatic rings. The summed E-state index contributed by atoms with van der Waals surface area (Å²) in [5, 5.41) is 2.95. The van der Waals surface area contributed by atoms with Crippen molar-refractivity contribution < 1.29 is 21.9 Å². The third-order valence-corrected chi connectivity index (χ3v) is 5.58. The van der Waals surface area contributed by atoms with Crippen LogP contribution in [0.25, 0.3) is 0 Å². The van der Waals surface area contributed by atoms with E-state index in [-0.39, 0.29) is 48.9 Å². The number of guanidine groups is 1. The van der Waals surface area contributed by atoms with Gasteiger partial charge in [0.05, 0.1) is 7.11 Å². The molecule has 0 unspecified atom stereocenters. The highest BCUT2D eigenvalue weighted by molar-refractivity contribution is 14.0. The van der Waals surface area contributed by atoms with Gasteiger partial charge in [-0.2, -0.15) is 13.1 Å². The van der Waals surface area contributed by atoms with E-state index in [1.807, 2.05) is 0 Å². The molecular formula is C15H23F2IN4O3S. The molecule has 11 heteroatoms. The molecular weight excluding hydrogens is 481 g/mol. The standard InChI is InChI=1S/C15H22F2N4O3S.HI/c1-24-13-4-2-12(3-5-13)20-15(18)19-10-11-6-8-21(9-7-11)25(22,23)14(16)17;/h2-5,11,14H,6-10H2,1H3,(H3,18,19,20);1H. The molecule has 1 fully saturated rings. The number of sulfonamides is 1. The van der Waals surface area contributed by atoms with Crippen molar-refractivity contribution >= 4 is 45.6 Å². The predicted octanol–water partition coefficient (Wildman–Crippen LogP) is 2.30. The predicted molar refractivity (Wildman–Crippen MR) is 108 cm³/mol. The maximum atomic E-state index is 12.5. The lowest BCUT2D eigenvalue weighted by Gasteiger charge is -2.30. The number of rotatable bonds is 6. The smallest absolute Gasteiger partial charge is 0.350 e. The number of hydrogen-bond donors (Lipinski definition) is 2. The highest BCUT2D eigenvalue weighted by atomic mass is 127. The highest BCUT2D eigenvalue weighted by Crippen LogP contribution is 2.22. The van der Waals surface area contributed by atoms with E-state index in [0.717, 1.165) is 15.7 Å². The molecule has 0 atom stereocenters. The summed E-state index contributed by atoms with van der Waals surface area (Å²) >= 11 is 0. The molecule has 0 radical (unpaired) electrons. The summed E-state index contributed by atoms with van der Waals surface area (Å²) in [7, 11) is -2.90. The van der Waals surface area contributed by atoms with Crippen molar-refractivity contribution in [2.24, 2.45) is 16.6 Å². The van der Waals surface area contributed by atoms with Crippen LogP contribution in [0.5, 0.6) is 5.75 Å². The van der Waals surface area contributed by atoms with Crippen molar-refractivity contribution in [2.45, 2.75) is 18.6 Å². The van der Waals surface area contributed by atoms with Gasteiger partial charge in [-0.05, 0) is 43.0 Å². The first-order chi connectivity index (χ1) is 11.8. The number of nitrogens with one attached hydrogen (secondary N) is 1. The minimum atomic E-state index is -4.48. The number of hydrogen-bond acceptors (Lipinski definition) is 4. The number of benzene rings is 1. The Labute approximate surface area is 169 Å². The normalized spacial score (nSPS) is 17.0. The maximum absolute atomic E-state index is 12.5. The molecule has 2 rings (SSSR count). The van der Waals surface area contributed by atoms with E-state index in [1.54, 1.807) is 31.4 Å². The fourth-order valence-corrected chi connectivity index (χ4v) is 3.49. The highest BCUT2D eigenvalue weighted by Gasteiger charge is 2.34. The first-order valence-electron chi connectivity index (χ1n) is 7.81. The molecule has 0 saturated carbocycles. The summed E-state index contributed by atoms with van der Waals surface area (Å²) in [6.07, 6.45) is 0.955. The van der Waals surface area contributed by atoms with Crippen LogP contribution in [0.4, 0.5) is 14.5 Å². The fourth-order valence-electron chi connectivity index (χ4n) is 2.55. The van der Waals surface area contributed by atoms with Crippen LogP contribution in [0.2, 0.25) is 0 Å². The Balaban J connectivity index is 0.00000338. The second kappa shape index (κ2) is 10.2. The van der Waals surface area contributed by atoms with E-state index in [0.29, 0.717) is 19.4 Å². The Morgan fingerprint density at radius 1 is 1.35 bits per heavy atom. The molecule has 0 spiro atoms. The Hall–Kier alpha value is -1.21. The lowest BCUT2D eigenvalue weighted by Crippen LogP contribution is -2.41. The Bertz CT molecular complexity index is 693. The van der Waals surface area contributed by atoms with Crippen molar-refractivity contribution in [2.75, 3.05) is 32.1 Å². The zero-order valence-electron chi connectivity index (χ0n) is 14.3. The average molecular weight is 504 g/mol. The van der Waals surface area contributed by atoms with Crippen molar-refractivity contribution in [3.05, 3.63) is 24.3 Å². The Morgan fingerprint density at radius 3 is 2.42 bits per heavy atom. The van der Waals surface area contributed by atoms with Gasteiger partial charge in [0.25, 0.3) is 10.0 Å². The molecule has 7 nitrogen and oxygen atoms in total. The number of ether oxygens (including phenoxy) is 1. The van der Waals surface area contributed by atoms with Crippen LogP contribution in [-0.2, 0) is 10.0 Å². The summed E-state index contributed by atoms with van der Waals surface area (Å²) in [6.45, 7) is 0.578. The molecule has 1 aromatic rings. The second-order valence-corrected chi connectivity index (χ2v) is 7.63. The van der Waals surface area contributed by atoms with Crippen molar-refractivity contribution in [1.29, 1.82) is 0 Å². The minimum absolute atomic E-state index is 0. The molecule has 26 heavy (non-hydrogen) atoms. The molecule has 0 aliphatic carbocycles. The van der Waals surface area contributed by atoms with Gasteiger partial charge in [0, 0.05) is 25.3 Å². The molecule has 1 heterocycles. The molecule has 0 amide bonds. The van der Waals surface area contributed by atoms with Crippen molar-refractivity contribution in [1.82, 2.24) is 4.31 Å². The lowest BCUT2D eigenvalue weighted by atomic mass is 9.98.